The summed E-state index contributed by atoms with van der Waals surface area (Å²) in [5.41, 5.74) is 0.485. The van der Waals surface area contributed by atoms with Crippen molar-refractivity contribution in [3.05, 3.63) is 12.2 Å². The second-order valence-corrected chi connectivity index (χ2v) is 4.17. The number of likely N-dealkylation sites (tertiary alicyclic amines) is 1. The van der Waals surface area contributed by atoms with Crippen LogP contribution in [0.25, 0.3) is 0 Å². The maximum absolute atomic E-state index is 11.2. The van der Waals surface area contributed by atoms with Gasteiger partial charge in [0, 0.05) is 12.0 Å². The van der Waals surface area contributed by atoms with E-state index in [1.807, 2.05) is 0 Å². The monoisotopic (exact) mass is 198 g/mol. The van der Waals surface area contributed by atoms with Crippen molar-refractivity contribution in [3.63, 3.8) is 0 Å². The number of quaternary nitrogens is 1. The molecule has 0 aliphatic carbocycles. The summed E-state index contributed by atoms with van der Waals surface area (Å²) in [6, 6.07) is 0.479. The topological polar surface area (TPSA) is 30.7 Å². The molecule has 2 atom stereocenters. The van der Waals surface area contributed by atoms with Gasteiger partial charge in [-0.25, -0.2) is 4.79 Å². The molecule has 14 heavy (non-hydrogen) atoms. The number of rotatable bonds is 3. The lowest BCUT2D eigenvalue weighted by atomic mass is 10.0. The molecule has 1 saturated heterocycles. The third-order valence-corrected chi connectivity index (χ3v) is 2.83. The minimum Gasteiger partial charge on any atom is -0.456 e. The van der Waals surface area contributed by atoms with Gasteiger partial charge < -0.3 is 9.64 Å². The van der Waals surface area contributed by atoms with E-state index < -0.39 is 0 Å². The molecule has 0 aromatic heterocycles. The summed E-state index contributed by atoms with van der Waals surface area (Å²) in [5, 5.41) is 0. The molecule has 0 amide bonds. The van der Waals surface area contributed by atoms with E-state index in [-0.39, 0.29) is 5.97 Å². The SMILES string of the molecule is C=C(C)C(=O)OCC1CCCC[NH+]1C. The normalized spacial score (nSPS) is 27.0. The van der Waals surface area contributed by atoms with Crippen LogP contribution in [0.4, 0.5) is 0 Å². The zero-order chi connectivity index (χ0) is 10.6. The standard InChI is InChI=1S/C11H19NO2/c1-9(2)11(13)14-8-10-6-4-5-7-12(10)3/h10H,1,4-8H2,2-3H3/p+1. The van der Waals surface area contributed by atoms with Crippen molar-refractivity contribution in [2.75, 3.05) is 20.2 Å². The smallest absolute Gasteiger partial charge is 0.333 e. The van der Waals surface area contributed by atoms with Gasteiger partial charge in [0.1, 0.15) is 12.6 Å². The number of carbonyl (C=O) groups excluding carboxylic acids is 1. The summed E-state index contributed by atoms with van der Waals surface area (Å²) < 4.78 is 5.15. The fourth-order valence-corrected chi connectivity index (χ4v) is 1.77. The fourth-order valence-electron chi connectivity index (χ4n) is 1.77. The Bertz CT molecular complexity index is 225. The van der Waals surface area contributed by atoms with Gasteiger partial charge in [0.05, 0.1) is 13.6 Å². The number of ether oxygens (including phenoxy) is 1. The molecule has 0 spiro atoms. The Balaban J connectivity index is 2.29. The van der Waals surface area contributed by atoms with E-state index in [1.54, 1.807) is 6.92 Å². The first-order valence-electron chi connectivity index (χ1n) is 5.26. The van der Waals surface area contributed by atoms with E-state index in [4.69, 9.17) is 4.74 Å². The molecule has 1 aliphatic heterocycles. The lowest BCUT2D eigenvalue weighted by Crippen LogP contribution is -3.14. The molecule has 0 saturated carbocycles. The van der Waals surface area contributed by atoms with Crippen LogP contribution in [-0.4, -0.2) is 32.2 Å². The van der Waals surface area contributed by atoms with Crippen LogP contribution in [0, 0.1) is 0 Å². The highest BCUT2D eigenvalue weighted by atomic mass is 16.5. The molecule has 0 aromatic carbocycles. The lowest BCUT2D eigenvalue weighted by molar-refractivity contribution is -0.911. The molecule has 3 heteroatoms. The van der Waals surface area contributed by atoms with Crippen LogP contribution < -0.4 is 4.90 Å². The number of piperidine rings is 1. The summed E-state index contributed by atoms with van der Waals surface area (Å²) in [7, 11) is 2.17. The number of nitrogens with one attached hydrogen (secondary N) is 1. The number of carbonyl (C=O) groups is 1. The van der Waals surface area contributed by atoms with Crippen molar-refractivity contribution in [2.45, 2.75) is 32.2 Å². The van der Waals surface area contributed by atoms with Gasteiger partial charge in [0.15, 0.2) is 0 Å². The quantitative estimate of drug-likeness (QED) is 0.518. The number of esters is 1. The lowest BCUT2D eigenvalue weighted by Gasteiger charge is -2.28. The molecule has 80 valence electrons. The molecule has 1 N–H and O–H groups in total. The molecule has 0 aromatic rings. The largest absolute Gasteiger partial charge is 0.456 e. The molecule has 0 radical (unpaired) electrons. The highest BCUT2D eigenvalue weighted by molar-refractivity contribution is 5.86. The zero-order valence-corrected chi connectivity index (χ0v) is 9.14. The Morgan fingerprint density at radius 1 is 1.57 bits per heavy atom. The van der Waals surface area contributed by atoms with Crippen LogP contribution in [0.5, 0.6) is 0 Å². The molecule has 1 rings (SSSR count). The van der Waals surface area contributed by atoms with Gasteiger partial charge in [-0.1, -0.05) is 6.58 Å². The fraction of sp³-hybridized carbons (Fsp3) is 0.727. The molecule has 2 unspecified atom stereocenters. The van der Waals surface area contributed by atoms with Crippen LogP contribution in [0.3, 0.4) is 0 Å². The predicted molar refractivity (Wildman–Crippen MR) is 55.2 cm³/mol. The molecule has 3 nitrogen and oxygen atoms in total. The summed E-state index contributed by atoms with van der Waals surface area (Å²) in [4.78, 5) is 12.6. The maximum atomic E-state index is 11.2. The Kier molecular flexibility index (Phi) is 4.14. The number of hydrogen-bond donors (Lipinski definition) is 1. The number of hydrogen-bond acceptors (Lipinski definition) is 2. The maximum Gasteiger partial charge on any atom is 0.333 e. The van der Waals surface area contributed by atoms with E-state index in [1.165, 1.54) is 24.3 Å². The van der Waals surface area contributed by atoms with Gasteiger partial charge in [-0.05, 0) is 19.8 Å². The molecular formula is C11H20NO2+. The van der Waals surface area contributed by atoms with Crippen LogP contribution in [0.15, 0.2) is 12.2 Å². The highest BCUT2D eigenvalue weighted by Gasteiger charge is 2.23. The molecular weight excluding hydrogens is 178 g/mol. The first-order chi connectivity index (χ1) is 6.61. The van der Waals surface area contributed by atoms with E-state index in [9.17, 15) is 4.79 Å². The molecule has 1 fully saturated rings. The van der Waals surface area contributed by atoms with E-state index in [0.29, 0.717) is 18.2 Å². The Morgan fingerprint density at radius 2 is 2.29 bits per heavy atom. The van der Waals surface area contributed by atoms with Gasteiger partial charge in [0.2, 0.25) is 0 Å². The average Bonchev–Trinajstić information content (AvgIpc) is 2.16. The first-order valence-corrected chi connectivity index (χ1v) is 5.26. The van der Waals surface area contributed by atoms with Gasteiger partial charge in [-0.2, -0.15) is 0 Å². The first kappa shape index (κ1) is 11.2. The minimum absolute atomic E-state index is 0.261. The summed E-state index contributed by atoms with van der Waals surface area (Å²) in [6.45, 7) is 6.97. The van der Waals surface area contributed by atoms with Crippen molar-refractivity contribution >= 4 is 5.97 Å². The van der Waals surface area contributed by atoms with Gasteiger partial charge >= 0.3 is 5.97 Å². The molecule has 1 aliphatic rings. The second kappa shape index (κ2) is 5.15. The average molecular weight is 198 g/mol. The van der Waals surface area contributed by atoms with Gasteiger partial charge in [-0.15, -0.1) is 0 Å². The van der Waals surface area contributed by atoms with Crippen LogP contribution in [-0.2, 0) is 9.53 Å². The van der Waals surface area contributed by atoms with Gasteiger partial charge in [-0.3, -0.25) is 0 Å². The minimum atomic E-state index is -0.261. The van der Waals surface area contributed by atoms with Crippen LogP contribution in [0.1, 0.15) is 26.2 Å². The predicted octanol–water partition coefficient (Wildman–Crippen LogP) is 0.173. The number of likely N-dealkylation sites (N-methyl/N-ethyl adjacent to an activating group) is 1. The Morgan fingerprint density at radius 3 is 2.86 bits per heavy atom. The highest BCUT2D eigenvalue weighted by Crippen LogP contribution is 2.04. The van der Waals surface area contributed by atoms with Crippen molar-refractivity contribution in [2.24, 2.45) is 0 Å². The van der Waals surface area contributed by atoms with E-state index in [0.717, 1.165) is 6.42 Å². The van der Waals surface area contributed by atoms with E-state index >= 15 is 0 Å². The third kappa shape index (κ3) is 3.14. The van der Waals surface area contributed by atoms with E-state index in [2.05, 4.69) is 13.6 Å². The van der Waals surface area contributed by atoms with Crippen molar-refractivity contribution < 1.29 is 14.4 Å². The second-order valence-electron chi connectivity index (χ2n) is 4.17. The van der Waals surface area contributed by atoms with Crippen molar-refractivity contribution in [1.82, 2.24) is 0 Å². The Labute approximate surface area is 85.7 Å². The van der Waals surface area contributed by atoms with Crippen LogP contribution in [0.2, 0.25) is 0 Å². The zero-order valence-electron chi connectivity index (χ0n) is 9.14. The Hall–Kier alpha value is -0.830. The third-order valence-electron chi connectivity index (χ3n) is 2.83. The molecule has 0 bridgehead atoms. The van der Waals surface area contributed by atoms with Crippen LogP contribution >= 0.6 is 0 Å². The molecule has 1 heterocycles. The summed E-state index contributed by atoms with van der Waals surface area (Å²) in [6.07, 6.45) is 3.71. The summed E-state index contributed by atoms with van der Waals surface area (Å²) >= 11 is 0. The van der Waals surface area contributed by atoms with Gasteiger partial charge in [0.25, 0.3) is 0 Å². The summed E-state index contributed by atoms with van der Waals surface area (Å²) in [5.74, 6) is -0.261. The van der Waals surface area contributed by atoms with Crippen molar-refractivity contribution in [1.29, 1.82) is 0 Å². The van der Waals surface area contributed by atoms with Crippen molar-refractivity contribution in [3.8, 4) is 0 Å².